The van der Waals surface area contributed by atoms with Gasteiger partial charge in [-0.1, -0.05) is 20.8 Å². The average Bonchev–Trinajstić information content (AvgIpc) is 3.60. The zero-order valence-corrected chi connectivity index (χ0v) is 45.5. The quantitative estimate of drug-likeness (QED) is 0.0606. The van der Waals surface area contributed by atoms with E-state index < -0.39 is 259 Å². The Morgan fingerprint density at radius 1 is 0.354 bits per heavy atom. The molecule has 34 heteroatoms. The van der Waals surface area contributed by atoms with Gasteiger partial charge >= 0.3 is 0 Å². The van der Waals surface area contributed by atoms with Gasteiger partial charge in [-0.05, 0) is 19.3 Å². The Balaban J connectivity index is 1.24. The van der Waals surface area contributed by atoms with Crippen molar-refractivity contribution in [2.75, 3.05) is 33.0 Å². The number of hydrogen-bond acceptors (Lipinski definition) is 33. The molecule has 0 aromatic rings. The molecule has 7 saturated heterocycles. The van der Waals surface area contributed by atoms with Crippen molar-refractivity contribution < 1.29 is 163 Å². The Bertz CT molecular complexity index is 2000. The van der Waals surface area contributed by atoms with Crippen LogP contribution in [0.3, 0.4) is 0 Å². The Hall–Kier alpha value is -1.81. The monoisotopic (exact) mass is 1200 g/mol. The van der Waals surface area contributed by atoms with Gasteiger partial charge < -0.3 is 164 Å². The van der Waals surface area contributed by atoms with Crippen LogP contribution in [0, 0.1) is 5.41 Å². The topological polar surface area (TPSA) is 533 Å². The maximum Gasteiger partial charge on any atom is 0.217 e. The number of aliphatic hydroxyl groups excluding tert-OH is 19. The van der Waals surface area contributed by atoms with Gasteiger partial charge in [0.2, 0.25) is 5.91 Å². The van der Waals surface area contributed by atoms with E-state index in [1.807, 2.05) is 0 Å². The lowest BCUT2D eigenvalue weighted by Crippen LogP contribution is -2.71. The lowest BCUT2D eigenvalue weighted by Gasteiger charge is -2.52. The number of rotatable bonds is 18. The minimum absolute atomic E-state index is 0.776. The second-order valence-corrected chi connectivity index (χ2v) is 22.7. The van der Waals surface area contributed by atoms with Crippen LogP contribution in [-0.2, 0) is 66.4 Å². The van der Waals surface area contributed by atoms with E-state index in [9.17, 15) is 102 Å². The number of aliphatic hydroxyl groups is 19. The summed E-state index contributed by atoms with van der Waals surface area (Å²) in [4.78, 5) is 13.2. The summed E-state index contributed by atoms with van der Waals surface area (Å²) in [6.07, 6.45) is -63.4. The molecule has 0 aromatic heterocycles. The molecule has 20 N–H and O–H groups in total. The maximum atomic E-state index is 13.2. The number of carbonyl (C=O) groups is 1. The van der Waals surface area contributed by atoms with Gasteiger partial charge in [-0.15, -0.1) is 0 Å². The van der Waals surface area contributed by atoms with Crippen LogP contribution in [0.4, 0.5) is 0 Å². The van der Waals surface area contributed by atoms with Crippen LogP contribution < -0.4 is 5.32 Å². The summed E-state index contributed by atoms with van der Waals surface area (Å²) in [5.74, 6) is -0.910. The van der Waals surface area contributed by atoms with E-state index in [1.54, 1.807) is 20.8 Å². The predicted octanol–water partition coefficient (Wildman–Crippen LogP) is -12.0. The molecule has 7 aliphatic heterocycles. The Morgan fingerprint density at radius 2 is 0.695 bits per heavy atom. The fourth-order valence-electron chi connectivity index (χ4n) is 11.0. The van der Waals surface area contributed by atoms with Gasteiger partial charge in [0.15, 0.2) is 37.7 Å². The normalized spacial score (nSPS) is 51.6. The number of amides is 1. The van der Waals surface area contributed by atoms with Crippen LogP contribution in [0.15, 0.2) is 0 Å². The zero-order chi connectivity index (χ0) is 60.7. The van der Waals surface area contributed by atoms with Crippen molar-refractivity contribution in [2.24, 2.45) is 5.41 Å². The van der Waals surface area contributed by atoms with Crippen LogP contribution in [-0.4, -0.2) is 351 Å². The highest BCUT2D eigenvalue weighted by Crippen LogP contribution is 2.40. The molecule has 0 aromatic carbocycles. The van der Waals surface area contributed by atoms with E-state index in [0.717, 1.165) is 6.92 Å². The molecule has 7 fully saturated rings. The zero-order valence-electron chi connectivity index (χ0n) is 45.5. The Morgan fingerprint density at radius 3 is 1.17 bits per heavy atom. The minimum Gasteiger partial charge on any atom is -0.394 e. The summed E-state index contributed by atoms with van der Waals surface area (Å²) < 4.78 is 77.6. The summed E-state index contributed by atoms with van der Waals surface area (Å²) >= 11 is 0. The molecule has 0 saturated carbocycles. The molecule has 82 heavy (non-hydrogen) atoms. The minimum atomic E-state index is -2.35. The van der Waals surface area contributed by atoms with Crippen molar-refractivity contribution in [3.8, 4) is 0 Å². The number of hydrogen-bond donors (Lipinski definition) is 20. The highest BCUT2D eigenvalue weighted by atomic mass is 16.8. The SMILES string of the molecule is CC(=O)NC1[C@H](O[C@@H]2C(CO)O[C@@H](O[C@@H]3C(O)[C@H](O[C@@H]4C(CO)O[C@@H](C(C)(C)C)C(O)[C@H]4O)OC(CO)[C@@H]3O)C(O)[C@@H]2O[C@@H]2OC(C)[C@@H](O)C(O)[C@H]2O)OC(CO)[C@@H](O[C@@H]2OC(C)[C@@H](O)C(O)[C@H]2O)[C@@H]1O[C@@H]1OC(CO)[C@H](O)[C@H](O)C1O. The number of carbonyl (C=O) groups excluding carboxylic acids is 1. The first kappa shape index (κ1) is 67.7. The first-order chi connectivity index (χ1) is 38.5. The van der Waals surface area contributed by atoms with Gasteiger partial charge in [-0.25, -0.2) is 0 Å². The molecule has 0 aliphatic carbocycles. The molecular formula is C48H83NO33. The summed E-state index contributed by atoms with van der Waals surface area (Å²) in [7, 11) is 0. The lowest BCUT2D eigenvalue weighted by molar-refractivity contribution is -0.405. The first-order valence-corrected chi connectivity index (χ1v) is 26.9. The Kier molecular flexibility index (Phi) is 23.2. The maximum absolute atomic E-state index is 13.2. The van der Waals surface area contributed by atoms with E-state index in [0.29, 0.717) is 0 Å². The summed E-state index contributed by atoms with van der Waals surface area (Å²) in [6, 6.07) is -1.88. The van der Waals surface area contributed by atoms with E-state index in [1.165, 1.54) is 13.8 Å². The summed E-state index contributed by atoms with van der Waals surface area (Å²) in [6.45, 7) is 3.69. The van der Waals surface area contributed by atoms with E-state index >= 15 is 0 Å². The second-order valence-electron chi connectivity index (χ2n) is 22.7. The summed E-state index contributed by atoms with van der Waals surface area (Å²) in [5, 5.41) is 211. The highest BCUT2D eigenvalue weighted by molar-refractivity contribution is 5.73. The van der Waals surface area contributed by atoms with Crippen molar-refractivity contribution in [2.45, 2.75) is 256 Å². The van der Waals surface area contributed by atoms with E-state index in [4.69, 9.17) is 61.6 Å². The molecule has 7 aliphatic rings. The third-order valence-corrected chi connectivity index (χ3v) is 15.7. The lowest BCUT2D eigenvalue weighted by atomic mass is 9.80. The largest absolute Gasteiger partial charge is 0.394 e. The van der Waals surface area contributed by atoms with Gasteiger partial charge in [0.25, 0.3) is 0 Å². The van der Waals surface area contributed by atoms with Gasteiger partial charge in [0.1, 0.15) is 159 Å². The molecular weight excluding hydrogens is 1120 g/mol. The average molecular weight is 1200 g/mol. The third kappa shape index (κ3) is 14.0. The smallest absolute Gasteiger partial charge is 0.217 e. The molecule has 34 nitrogen and oxygen atoms in total. The first-order valence-electron chi connectivity index (χ1n) is 26.9. The van der Waals surface area contributed by atoms with Crippen LogP contribution in [0.1, 0.15) is 41.5 Å². The molecule has 7 heterocycles. The van der Waals surface area contributed by atoms with Gasteiger partial charge in [-0.2, -0.15) is 0 Å². The second kappa shape index (κ2) is 28.1. The van der Waals surface area contributed by atoms with Gasteiger partial charge in [0.05, 0.1) is 51.3 Å². The molecule has 478 valence electrons. The molecule has 0 spiro atoms. The van der Waals surface area contributed by atoms with E-state index in [-0.39, 0.29) is 0 Å². The predicted molar refractivity (Wildman–Crippen MR) is 258 cm³/mol. The van der Waals surface area contributed by atoms with Gasteiger partial charge in [-0.3, -0.25) is 4.79 Å². The molecule has 1 amide bonds. The fraction of sp³-hybridized carbons (Fsp3) is 0.979. The van der Waals surface area contributed by atoms with Crippen LogP contribution in [0.5, 0.6) is 0 Å². The van der Waals surface area contributed by atoms with Gasteiger partial charge in [0, 0.05) is 6.92 Å². The fourth-order valence-corrected chi connectivity index (χ4v) is 11.0. The van der Waals surface area contributed by atoms with Crippen molar-refractivity contribution in [1.29, 1.82) is 0 Å². The number of ether oxygens (including phenoxy) is 13. The van der Waals surface area contributed by atoms with Crippen molar-refractivity contribution in [1.82, 2.24) is 5.32 Å². The van der Waals surface area contributed by atoms with Crippen molar-refractivity contribution >= 4 is 5.91 Å². The van der Waals surface area contributed by atoms with Crippen LogP contribution in [0.25, 0.3) is 0 Å². The van der Waals surface area contributed by atoms with Crippen LogP contribution in [0.2, 0.25) is 0 Å². The van der Waals surface area contributed by atoms with Crippen molar-refractivity contribution in [3.63, 3.8) is 0 Å². The molecule has 7 rings (SSSR count). The van der Waals surface area contributed by atoms with Crippen molar-refractivity contribution in [3.05, 3.63) is 0 Å². The molecule has 35 atom stereocenters. The van der Waals surface area contributed by atoms with E-state index in [2.05, 4.69) is 5.32 Å². The van der Waals surface area contributed by atoms with Crippen LogP contribution >= 0.6 is 0 Å². The third-order valence-electron chi connectivity index (χ3n) is 15.7. The molecule has 0 bridgehead atoms. The number of nitrogens with one attached hydrogen (secondary N) is 1. The highest BCUT2D eigenvalue weighted by Gasteiger charge is 2.60. The Labute approximate surface area is 468 Å². The standard InChI is InChI=1S/C48H83NO33/c1-12-21(56)25(60)30(65)43(70-12)79-36-18(10-53)75-42(20(49-14(3)55)38(36)80-45-32(67)27(62)23(58)15(7-50)73-45)78-37-19(11-54)76-47(34(69)40(37)82-44-31(66)26(61)22(57)13(2)71-44)81-39-24(59)16(8-51)74-46(33(39)68)77-35-17(9-52)72-41(48(4,5)6)29(64)28(35)63/h12-13,15-47,50-54,56-69H,7-11H2,1-6H3,(H,49,55)/t12?,13?,15?,16?,17?,18?,19?,20?,21-,22-,23+,24+,25?,26?,27+,28-,29?,30-,31-,32?,33?,34?,35-,36-,37-,38-,39+,40+,41-,42+,43+,44+,45+,46+,47+/m1/s1. The molecule has 14 unspecified atom stereocenters. The molecule has 0 radical (unpaired) electrons. The summed E-state index contributed by atoms with van der Waals surface area (Å²) in [5.41, 5.74) is -0.776.